The van der Waals surface area contributed by atoms with Crippen molar-refractivity contribution in [3.63, 3.8) is 0 Å². The average molecular weight is 427 g/mol. The zero-order valence-corrected chi connectivity index (χ0v) is 17.3. The number of fused-ring (bicyclic) bond motifs is 2. The highest BCUT2D eigenvalue weighted by molar-refractivity contribution is 7.16. The molecule has 30 heavy (non-hydrogen) atoms. The summed E-state index contributed by atoms with van der Waals surface area (Å²) in [7, 11) is 0. The van der Waals surface area contributed by atoms with Crippen molar-refractivity contribution in [2.75, 3.05) is 25.3 Å². The zero-order valence-electron chi connectivity index (χ0n) is 16.5. The first-order valence-electron chi connectivity index (χ1n) is 9.74. The maximum absolute atomic E-state index is 12.6. The summed E-state index contributed by atoms with van der Waals surface area (Å²) in [6.45, 7) is 3.15. The fraction of sp³-hybridized carbons (Fsp3) is 0.381. The van der Waals surface area contributed by atoms with Gasteiger partial charge in [-0.05, 0) is 37.0 Å². The summed E-state index contributed by atoms with van der Waals surface area (Å²) in [6, 6.07) is 7.83. The third-order valence-corrected chi connectivity index (χ3v) is 6.18. The number of carbonyl (C=O) groups is 2. The van der Waals surface area contributed by atoms with Crippen LogP contribution in [0.5, 0.6) is 11.5 Å². The fourth-order valence-corrected chi connectivity index (χ4v) is 4.84. The lowest BCUT2D eigenvalue weighted by molar-refractivity contribution is -0.116. The third-order valence-electron chi connectivity index (χ3n) is 5.05. The van der Waals surface area contributed by atoms with Crippen molar-refractivity contribution in [2.45, 2.75) is 32.7 Å². The van der Waals surface area contributed by atoms with Crippen molar-refractivity contribution in [3.8, 4) is 17.6 Å². The summed E-state index contributed by atoms with van der Waals surface area (Å²) in [5.74, 6) is 1.20. The largest absolute Gasteiger partial charge is 0.454 e. The van der Waals surface area contributed by atoms with E-state index in [1.807, 2.05) is 18.2 Å². The molecule has 0 saturated carbocycles. The Morgan fingerprint density at radius 1 is 1.37 bits per heavy atom. The predicted octanol–water partition coefficient (Wildman–Crippen LogP) is 3.43. The number of thiophene rings is 1. The van der Waals surface area contributed by atoms with E-state index in [1.165, 1.54) is 11.3 Å². The molecular formula is C21H21N3O5S. The van der Waals surface area contributed by atoms with Gasteiger partial charge >= 0.3 is 6.09 Å². The molecule has 1 N–H and O–H groups in total. The highest BCUT2D eigenvalue weighted by Crippen LogP contribution is 2.38. The lowest BCUT2D eigenvalue weighted by atomic mass is 10.0. The van der Waals surface area contributed by atoms with Gasteiger partial charge < -0.3 is 24.4 Å². The van der Waals surface area contributed by atoms with Crippen LogP contribution in [-0.4, -0.2) is 36.8 Å². The second kappa shape index (κ2) is 8.63. The van der Waals surface area contributed by atoms with Gasteiger partial charge in [-0.2, -0.15) is 5.26 Å². The summed E-state index contributed by atoms with van der Waals surface area (Å²) in [4.78, 5) is 27.1. The standard InChI is InChI=1S/C21H21N3O5S/c1-2-27-21(26)24-9-8-14-15(10-22)20(30-17(14)11-24)23-18(25)7-6-13-4-3-5-16-19(13)29-12-28-16/h3-5H,2,6-9,11-12H2,1H3,(H,23,25). The van der Waals surface area contributed by atoms with Crippen LogP contribution in [-0.2, 0) is 28.9 Å². The highest BCUT2D eigenvalue weighted by atomic mass is 32.1. The van der Waals surface area contributed by atoms with Gasteiger partial charge in [-0.15, -0.1) is 11.3 Å². The molecule has 0 atom stereocenters. The Balaban J connectivity index is 1.43. The van der Waals surface area contributed by atoms with Gasteiger partial charge in [0, 0.05) is 17.8 Å². The van der Waals surface area contributed by atoms with Gasteiger partial charge in [0.25, 0.3) is 0 Å². The van der Waals surface area contributed by atoms with Crippen LogP contribution in [0.3, 0.4) is 0 Å². The molecule has 0 fully saturated rings. The van der Waals surface area contributed by atoms with E-state index in [-0.39, 0.29) is 25.2 Å². The van der Waals surface area contributed by atoms with Gasteiger partial charge in [0.2, 0.25) is 12.7 Å². The van der Waals surface area contributed by atoms with Gasteiger partial charge in [-0.3, -0.25) is 4.79 Å². The molecule has 0 bridgehead atoms. The Morgan fingerprint density at radius 3 is 3.03 bits per heavy atom. The van der Waals surface area contributed by atoms with Crippen molar-refractivity contribution in [1.82, 2.24) is 4.90 Å². The van der Waals surface area contributed by atoms with E-state index in [0.29, 0.717) is 54.6 Å². The van der Waals surface area contributed by atoms with E-state index in [1.54, 1.807) is 11.8 Å². The number of nitrogens with zero attached hydrogens (tertiary/aromatic N) is 2. The topological polar surface area (TPSA) is 101 Å². The van der Waals surface area contributed by atoms with Gasteiger partial charge in [0.1, 0.15) is 11.1 Å². The van der Waals surface area contributed by atoms with Gasteiger partial charge in [-0.1, -0.05) is 12.1 Å². The van der Waals surface area contributed by atoms with E-state index >= 15 is 0 Å². The summed E-state index contributed by atoms with van der Waals surface area (Å²) in [5, 5.41) is 13.0. The number of carbonyl (C=O) groups excluding carboxylic acids is 2. The highest BCUT2D eigenvalue weighted by Gasteiger charge is 2.28. The molecule has 0 spiro atoms. The molecular weight excluding hydrogens is 406 g/mol. The van der Waals surface area contributed by atoms with Crippen LogP contribution in [0.2, 0.25) is 0 Å². The average Bonchev–Trinajstić information content (AvgIpc) is 3.36. The van der Waals surface area contributed by atoms with E-state index in [0.717, 1.165) is 16.0 Å². The van der Waals surface area contributed by atoms with Gasteiger partial charge in [0.15, 0.2) is 11.5 Å². The number of ether oxygens (including phenoxy) is 3. The lowest BCUT2D eigenvalue weighted by Gasteiger charge is -2.25. The molecule has 4 rings (SSSR count). The Hall–Kier alpha value is -3.25. The van der Waals surface area contributed by atoms with Crippen LogP contribution < -0.4 is 14.8 Å². The summed E-state index contributed by atoms with van der Waals surface area (Å²) >= 11 is 1.35. The van der Waals surface area contributed by atoms with Crippen LogP contribution in [0.25, 0.3) is 0 Å². The lowest BCUT2D eigenvalue weighted by Crippen LogP contribution is -2.35. The number of amides is 2. The van der Waals surface area contributed by atoms with Crippen molar-refractivity contribution in [1.29, 1.82) is 5.26 Å². The quantitative estimate of drug-likeness (QED) is 0.785. The summed E-state index contributed by atoms with van der Waals surface area (Å²) in [5.41, 5.74) is 2.31. The smallest absolute Gasteiger partial charge is 0.410 e. The molecule has 0 aliphatic carbocycles. The molecule has 1 aromatic heterocycles. The minimum Gasteiger partial charge on any atom is -0.454 e. The Labute approximate surface area is 177 Å². The second-order valence-corrected chi connectivity index (χ2v) is 7.99. The van der Waals surface area contributed by atoms with Crippen LogP contribution in [0.1, 0.15) is 34.9 Å². The first-order valence-corrected chi connectivity index (χ1v) is 10.6. The molecule has 0 unspecified atom stereocenters. The number of anilines is 1. The first-order chi connectivity index (χ1) is 14.6. The van der Waals surface area contributed by atoms with Gasteiger partial charge in [-0.25, -0.2) is 4.79 Å². The third kappa shape index (κ3) is 3.91. The number of hydrogen-bond acceptors (Lipinski definition) is 7. The van der Waals surface area contributed by atoms with Crippen molar-refractivity contribution in [2.24, 2.45) is 0 Å². The van der Waals surface area contributed by atoms with Crippen LogP contribution in [0.4, 0.5) is 9.80 Å². The van der Waals surface area contributed by atoms with Crippen molar-refractivity contribution >= 4 is 28.3 Å². The van der Waals surface area contributed by atoms with E-state index in [9.17, 15) is 14.9 Å². The number of rotatable bonds is 5. The first kappa shape index (κ1) is 20.0. The second-order valence-electron chi connectivity index (χ2n) is 6.89. The maximum Gasteiger partial charge on any atom is 0.410 e. The molecule has 2 aliphatic heterocycles. The van der Waals surface area contributed by atoms with Gasteiger partial charge in [0.05, 0.1) is 18.7 Å². The molecule has 0 saturated heterocycles. The monoisotopic (exact) mass is 427 g/mol. The van der Waals surface area contributed by atoms with Crippen molar-refractivity contribution in [3.05, 3.63) is 39.8 Å². The number of nitrogens with one attached hydrogen (secondary N) is 1. The number of benzene rings is 1. The molecule has 0 radical (unpaired) electrons. The molecule has 9 heteroatoms. The Morgan fingerprint density at radius 2 is 2.23 bits per heavy atom. The maximum atomic E-state index is 12.6. The Kier molecular flexibility index (Phi) is 5.77. The van der Waals surface area contributed by atoms with Crippen LogP contribution in [0, 0.1) is 11.3 Å². The number of hydrogen-bond donors (Lipinski definition) is 1. The Bertz CT molecular complexity index is 1030. The minimum atomic E-state index is -0.359. The van der Waals surface area contributed by atoms with Crippen molar-refractivity contribution < 1.29 is 23.8 Å². The molecule has 1 aromatic carbocycles. The zero-order chi connectivity index (χ0) is 21.1. The van der Waals surface area contributed by atoms with E-state index in [2.05, 4.69) is 11.4 Å². The summed E-state index contributed by atoms with van der Waals surface area (Å²) < 4.78 is 15.9. The molecule has 3 heterocycles. The number of nitriles is 1. The predicted molar refractivity (Wildman–Crippen MR) is 110 cm³/mol. The SMILES string of the molecule is CCOC(=O)N1CCc2c(sc(NC(=O)CCc3cccc4c3OCO4)c2C#N)C1. The van der Waals surface area contributed by atoms with Crippen LogP contribution >= 0.6 is 11.3 Å². The molecule has 156 valence electrons. The molecule has 2 aliphatic rings. The molecule has 2 amide bonds. The molecule has 2 aromatic rings. The molecule has 8 nitrogen and oxygen atoms in total. The minimum absolute atomic E-state index is 0.177. The number of para-hydroxylation sites is 1. The normalized spacial score (nSPS) is 14.1. The number of aryl methyl sites for hydroxylation is 1. The summed E-state index contributed by atoms with van der Waals surface area (Å²) in [6.07, 6.45) is 0.961. The van der Waals surface area contributed by atoms with Crippen LogP contribution in [0.15, 0.2) is 18.2 Å². The van der Waals surface area contributed by atoms with E-state index < -0.39 is 0 Å². The fourth-order valence-electron chi connectivity index (χ4n) is 3.61. The van der Waals surface area contributed by atoms with E-state index in [4.69, 9.17) is 14.2 Å².